The Morgan fingerprint density at radius 1 is 1.26 bits per heavy atom. The van der Waals surface area contributed by atoms with E-state index in [0.717, 1.165) is 4.88 Å². The van der Waals surface area contributed by atoms with E-state index in [1.807, 2.05) is 35.7 Å². The van der Waals surface area contributed by atoms with Crippen molar-refractivity contribution >= 4 is 17.2 Å². The predicted molar refractivity (Wildman–Crippen MR) is 89.0 cm³/mol. The Morgan fingerprint density at radius 3 is 2.78 bits per heavy atom. The summed E-state index contributed by atoms with van der Waals surface area (Å²) in [7, 11) is 0. The zero-order valence-electron chi connectivity index (χ0n) is 12.4. The second kappa shape index (κ2) is 7.02. The molecule has 2 aromatic heterocycles. The summed E-state index contributed by atoms with van der Waals surface area (Å²) < 4.78 is 5.27. The fourth-order valence-electron chi connectivity index (χ4n) is 2.13. The fraction of sp³-hybridized carbons (Fsp3) is 0.118. The lowest BCUT2D eigenvalue weighted by Crippen LogP contribution is -2.30. The van der Waals surface area contributed by atoms with E-state index < -0.39 is 0 Å². The molecule has 0 spiro atoms. The molecule has 0 fully saturated rings. The van der Waals surface area contributed by atoms with Crippen molar-refractivity contribution in [2.75, 3.05) is 6.54 Å². The Labute approximate surface area is 137 Å². The van der Waals surface area contributed by atoms with Gasteiger partial charge in [-0.2, -0.15) is 4.98 Å². The number of hydrogen-bond acceptors (Lipinski definition) is 5. The number of hydrogen-bond donors (Lipinski definition) is 0. The highest BCUT2D eigenvalue weighted by molar-refractivity contribution is 7.13. The van der Waals surface area contributed by atoms with Crippen LogP contribution in [-0.2, 0) is 6.54 Å². The van der Waals surface area contributed by atoms with Crippen LogP contribution in [0, 0.1) is 0 Å². The van der Waals surface area contributed by atoms with Crippen molar-refractivity contribution in [2.45, 2.75) is 6.54 Å². The molecule has 0 atom stereocenters. The summed E-state index contributed by atoms with van der Waals surface area (Å²) in [5, 5.41) is 5.92. The van der Waals surface area contributed by atoms with Gasteiger partial charge in [-0.15, -0.1) is 17.9 Å². The summed E-state index contributed by atoms with van der Waals surface area (Å²) in [6.07, 6.45) is 1.68. The van der Waals surface area contributed by atoms with Crippen molar-refractivity contribution < 1.29 is 9.32 Å². The van der Waals surface area contributed by atoms with E-state index >= 15 is 0 Å². The number of thiophene rings is 1. The lowest BCUT2D eigenvalue weighted by atomic mass is 10.2. The standard InChI is InChI=1S/C17H15N3O2S/c1-2-10-20(17(21)13-7-4-3-5-8-13)12-15-18-16(19-22-15)14-9-6-11-23-14/h2-9,11H,1,10,12H2. The number of nitrogens with zero attached hydrogens (tertiary/aromatic N) is 3. The highest BCUT2D eigenvalue weighted by Gasteiger charge is 2.18. The Morgan fingerprint density at radius 2 is 2.09 bits per heavy atom. The minimum Gasteiger partial charge on any atom is -0.337 e. The molecule has 1 aromatic carbocycles. The maximum absolute atomic E-state index is 12.6. The van der Waals surface area contributed by atoms with Gasteiger partial charge >= 0.3 is 0 Å². The molecular formula is C17H15N3O2S. The molecule has 0 bridgehead atoms. The summed E-state index contributed by atoms with van der Waals surface area (Å²) in [5.74, 6) is 0.849. The van der Waals surface area contributed by atoms with Crippen molar-refractivity contribution in [1.82, 2.24) is 15.0 Å². The van der Waals surface area contributed by atoms with Gasteiger partial charge in [0.1, 0.15) is 6.54 Å². The van der Waals surface area contributed by atoms with Gasteiger partial charge < -0.3 is 9.42 Å². The molecule has 2 heterocycles. The molecule has 0 aliphatic rings. The number of carbonyl (C=O) groups is 1. The monoisotopic (exact) mass is 325 g/mol. The third kappa shape index (κ3) is 3.54. The fourth-order valence-corrected chi connectivity index (χ4v) is 2.78. The molecule has 0 aliphatic carbocycles. The van der Waals surface area contributed by atoms with Crippen LogP contribution in [0.1, 0.15) is 16.2 Å². The number of amides is 1. The molecular weight excluding hydrogens is 310 g/mol. The third-order valence-electron chi connectivity index (χ3n) is 3.19. The average molecular weight is 325 g/mol. The molecule has 0 aliphatic heterocycles. The zero-order valence-corrected chi connectivity index (χ0v) is 13.2. The number of rotatable bonds is 6. The second-order valence-corrected chi connectivity index (χ2v) is 5.78. The van der Waals surface area contributed by atoms with Gasteiger partial charge in [-0.3, -0.25) is 4.79 Å². The SMILES string of the molecule is C=CCN(Cc1nc(-c2cccs2)no1)C(=O)c1ccccc1. The molecule has 5 nitrogen and oxygen atoms in total. The first kappa shape index (κ1) is 15.2. The predicted octanol–water partition coefficient (Wildman–Crippen LogP) is 3.63. The van der Waals surface area contributed by atoms with Crippen LogP contribution in [-0.4, -0.2) is 27.5 Å². The lowest BCUT2D eigenvalue weighted by Gasteiger charge is -2.19. The van der Waals surface area contributed by atoms with Crippen LogP contribution in [0.5, 0.6) is 0 Å². The van der Waals surface area contributed by atoms with Crippen molar-refractivity contribution in [1.29, 1.82) is 0 Å². The number of carbonyl (C=O) groups excluding carboxylic acids is 1. The van der Waals surface area contributed by atoms with Gasteiger partial charge in [-0.1, -0.05) is 35.5 Å². The van der Waals surface area contributed by atoms with E-state index in [-0.39, 0.29) is 12.5 Å². The van der Waals surface area contributed by atoms with Gasteiger partial charge in [0.05, 0.1) is 4.88 Å². The largest absolute Gasteiger partial charge is 0.337 e. The lowest BCUT2D eigenvalue weighted by molar-refractivity contribution is 0.0745. The van der Waals surface area contributed by atoms with Gasteiger partial charge in [-0.05, 0) is 23.6 Å². The summed E-state index contributed by atoms with van der Waals surface area (Å²) in [6.45, 7) is 4.36. The molecule has 1 amide bonds. The molecule has 0 N–H and O–H groups in total. The van der Waals surface area contributed by atoms with E-state index in [2.05, 4.69) is 16.7 Å². The van der Waals surface area contributed by atoms with Crippen LogP contribution in [0.2, 0.25) is 0 Å². The number of aromatic nitrogens is 2. The Hall–Kier alpha value is -2.73. The van der Waals surface area contributed by atoms with Gasteiger partial charge in [0.2, 0.25) is 11.7 Å². The minimum atomic E-state index is -0.0960. The van der Waals surface area contributed by atoms with Gasteiger partial charge in [0.25, 0.3) is 5.91 Å². The average Bonchev–Trinajstić information content (AvgIpc) is 3.26. The molecule has 3 aromatic rings. The maximum Gasteiger partial charge on any atom is 0.254 e. The van der Waals surface area contributed by atoms with Crippen LogP contribution in [0.25, 0.3) is 10.7 Å². The van der Waals surface area contributed by atoms with Crippen molar-refractivity contribution in [3.05, 3.63) is 72.0 Å². The number of benzene rings is 1. The smallest absolute Gasteiger partial charge is 0.254 e. The molecule has 0 unspecified atom stereocenters. The van der Waals surface area contributed by atoms with Crippen LogP contribution in [0.4, 0.5) is 0 Å². The maximum atomic E-state index is 12.6. The molecule has 23 heavy (non-hydrogen) atoms. The van der Waals surface area contributed by atoms with Gasteiger partial charge in [0.15, 0.2) is 0 Å². The highest BCUT2D eigenvalue weighted by Crippen LogP contribution is 2.21. The van der Waals surface area contributed by atoms with Crippen molar-refractivity contribution in [3.63, 3.8) is 0 Å². The summed E-state index contributed by atoms with van der Waals surface area (Å²) in [4.78, 5) is 19.5. The Balaban J connectivity index is 1.77. The zero-order chi connectivity index (χ0) is 16.1. The van der Waals surface area contributed by atoms with E-state index in [1.54, 1.807) is 23.1 Å². The van der Waals surface area contributed by atoms with E-state index in [1.165, 1.54) is 11.3 Å². The summed E-state index contributed by atoms with van der Waals surface area (Å²) in [5.41, 5.74) is 0.618. The van der Waals surface area contributed by atoms with Crippen molar-refractivity contribution in [2.24, 2.45) is 0 Å². The highest BCUT2D eigenvalue weighted by atomic mass is 32.1. The van der Waals surface area contributed by atoms with Crippen LogP contribution < -0.4 is 0 Å². The van der Waals surface area contributed by atoms with E-state index in [0.29, 0.717) is 23.8 Å². The first-order chi connectivity index (χ1) is 11.3. The van der Waals surface area contributed by atoms with E-state index in [9.17, 15) is 4.79 Å². The van der Waals surface area contributed by atoms with Crippen molar-refractivity contribution in [3.8, 4) is 10.7 Å². The van der Waals surface area contributed by atoms with Crippen LogP contribution in [0.15, 0.2) is 65.0 Å². The van der Waals surface area contributed by atoms with Gasteiger partial charge in [-0.25, -0.2) is 0 Å². The summed E-state index contributed by atoms with van der Waals surface area (Å²) >= 11 is 1.54. The molecule has 6 heteroatoms. The Kier molecular flexibility index (Phi) is 4.63. The molecule has 116 valence electrons. The topological polar surface area (TPSA) is 59.2 Å². The molecule has 0 radical (unpaired) electrons. The quantitative estimate of drug-likeness (QED) is 0.649. The van der Waals surface area contributed by atoms with Gasteiger partial charge in [0, 0.05) is 12.1 Å². The third-order valence-corrected chi connectivity index (χ3v) is 4.06. The normalized spacial score (nSPS) is 10.4. The molecule has 0 saturated carbocycles. The Bertz CT molecular complexity index is 781. The molecule has 3 rings (SSSR count). The minimum absolute atomic E-state index is 0.0960. The van der Waals surface area contributed by atoms with Crippen LogP contribution >= 0.6 is 11.3 Å². The first-order valence-corrected chi connectivity index (χ1v) is 7.97. The summed E-state index contributed by atoms with van der Waals surface area (Å²) in [6, 6.07) is 13.0. The van der Waals surface area contributed by atoms with E-state index in [4.69, 9.17) is 4.52 Å². The molecule has 0 saturated heterocycles. The first-order valence-electron chi connectivity index (χ1n) is 7.09. The second-order valence-electron chi connectivity index (χ2n) is 4.83. The van der Waals surface area contributed by atoms with Crippen LogP contribution in [0.3, 0.4) is 0 Å².